The van der Waals surface area contributed by atoms with Gasteiger partial charge in [0.2, 0.25) is 0 Å². The number of aliphatic hydroxyl groups excluding tert-OH is 1. The van der Waals surface area contributed by atoms with Gasteiger partial charge in [-0.05, 0) is 34.1 Å². The molecule has 0 saturated heterocycles. The zero-order valence-electron chi connectivity index (χ0n) is 9.78. The molecule has 0 aliphatic heterocycles. The lowest BCUT2D eigenvalue weighted by atomic mass is 10.1. The molecule has 1 atom stereocenters. The van der Waals surface area contributed by atoms with E-state index < -0.39 is 6.10 Å². The second-order valence-corrected chi connectivity index (χ2v) is 5.71. The molecule has 2 rings (SSSR count). The van der Waals surface area contributed by atoms with E-state index in [4.69, 9.17) is 23.2 Å². The molecule has 1 heterocycles. The molecular weight excluding hydrogens is 351 g/mol. The van der Waals surface area contributed by atoms with Gasteiger partial charge in [0.25, 0.3) is 0 Å². The number of rotatable bonds is 4. The van der Waals surface area contributed by atoms with Crippen molar-refractivity contribution in [1.29, 1.82) is 0 Å². The molecule has 1 aromatic heterocycles. The summed E-state index contributed by atoms with van der Waals surface area (Å²) < 4.78 is 0.872. The first-order valence-corrected chi connectivity index (χ1v) is 7.08. The van der Waals surface area contributed by atoms with E-state index in [2.05, 4.69) is 26.2 Å². The fourth-order valence-electron chi connectivity index (χ4n) is 1.60. The van der Waals surface area contributed by atoms with E-state index in [0.717, 1.165) is 10.2 Å². The highest BCUT2D eigenvalue weighted by atomic mass is 79.9. The number of benzene rings is 1. The van der Waals surface area contributed by atoms with Gasteiger partial charge in [-0.25, -0.2) is 0 Å². The molecule has 0 aliphatic rings. The molecule has 2 aromatic rings. The van der Waals surface area contributed by atoms with Gasteiger partial charge in [0.15, 0.2) is 0 Å². The molecule has 100 valence electrons. The first-order chi connectivity index (χ1) is 9.06. The lowest BCUT2D eigenvalue weighted by Gasteiger charge is -2.14. The Labute approximate surface area is 129 Å². The van der Waals surface area contributed by atoms with Crippen molar-refractivity contribution in [2.24, 2.45) is 0 Å². The summed E-state index contributed by atoms with van der Waals surface area (Å²) in [5.41, 5.74) is 1.46. The van der Waals surface area contributed by atoms with Crippen LogP contribution in [0.4, 0.5) is 5.69 Å². The minimum absolute atomic E-state index is 0.333. The van der Waals surface area contributed by atoms with Crippen LogP contribution in [0.15, 0.2) is 41.1 Å². The predicted molar refractivity (Wildman–Crippen MR) is 81.8 cm³/mol. The van der Waals surface area contributed by atoms with Crippen LogP contribution < -0.4 is 5.32 Å². The van der Waals surface area contributed by atoms with Crippen LogP contribution in [0.5, 0.6) is 0 Å². The van der Waals surface area contributed by atoms with Crippen LogP contribution in [0, 0.1) is 0 Å². The Hall–Kier alpha value is -0.810. The van der Waals surface area contributed by atoms with Gasteiger partial charge in [0.05, 0.1) is 18.0 Å². The maximum Gasteiger partial charge on any atom is 0.0976 e. The number of halogens is 3. The van der Waals surface area contributed by atoms with Crippen molar-refractivity contribution in [2.45, 2.75) is 6.10 Å². The minimum atomic E-state index is -0.719. The molecule has 0 saturated carbocycles. The molecule has 0 bridgehead atoms. The van der Waals surface area contributed by atoms with Gasteiger partial charge in [-0.15, -0.1) is 0 Å². The zero-order valence-corrected chi connectivity index (χ0v) is 12.9. The van der Waals surface area contributed by atoms with E-state index in [9.17, 15) is 5.11 Å². The van der Waals surface area contributed by atoms with Crippen molar-refractivity contribution in [3.05, 3.63) is 56.7 Å². The molecule has 1 unspecified atom stereocenters. The second kappa shape index (κ2) is 6.57. The normalized spacial score (nSPS) is 12.2. The third kappa shape index (κ3) is 4.08. The SMILES string of the molecule is OC(CNc1cncc(Br)c1)c1ccc(Cl)cc1Cl. The number of hydrogen-bond donors (Lipinski definition) is 2. The van der Waals surface area contributed by atoms with E-state index in [1.165, 1.54) is 0 Å². The first kappa shape index (κ1) is 14.6. The molecule has 0 fully saturated rings. The van der Waals surface area contributed by atoms with Crippen LogP contribution in [0.2, 0.25) is 10.0 Å². The molecule has 2 N–H and O–H groups in total. The number of aliphatic hydroxyl groups is 1. The molecule has 0 spiro atoms. The van der Waals surface area contributed by atoms with Crippen LogP contribution in [-0.2, 0) is 0 Å². The highest BCUT2D eigenvalue weighted by molar-refractivity contribution is 9.10. The van der Waals surface area contributed by atoms with Gasteiger partial charge >= 0.3 is 0 Å². The average molecular weight is 362 g/mol. The summed E-state index contributed by atoms with van der Waals surface area (Å²) in [6.07, 6.45) is 2.65. The molecule has 0 radical (unpaired) electrons. The van der Waals surface area contributed by atoms with Gasteiger partial charge in [-0.2, -0.15) is 0 Å². The largest absolute Gasteiger partial charge is 0.387 e. The molecule has 0 amide bonds. The summed E-state index contributed by atoms with van der Waals surface area (Å²) in [6.45, 7) is 0.333. The van der Waals surface area contributed by atoms with Crippen LogP contribution >= 0.6 is 39.1 Å². The third-order valence-corrected chi connectivity index (χ3v) is 3.52. The number of pyridine rings is 1. The standard InChI is InChI=1S/C13H11BrCl2N2O/c14-8-3-10(6-17-5-8)18-7-13(19)11-2-1-9(15)4-12(11)16/h1-6,13,18-19H,7H2. The van der Waals surface area contributed by atoms with Crippen molar-refractivity contribution >= 4 is 44.8 Å². The van der Waals surface area contributed by atoms with Crippen LogP contribution in [-0.4, -0.2) is 16.6 Å². The van der Waals surface area contributed by atoms with Gasteiger partial charge in [0.1, 0.15) is 0 Å². The summed E-state index contributed by atoms with van der Waals surface area (Å²) >= 11 is 15.2. The maximum atomic E-state index is 10.1. The molecule has 1 aromatic carbocycles. The van der Waals surface area contributed by atoms with Crippen molar-refractivity contribution < 1.29 is 5.11 Å². The summed E-state index contributed by atoms with van der Waals surface area (Å²) in [7, 11) is 0. The van der Waals surface area contributed by atoms with Crippen molar-refractivity contribution in [1.82, 2.24) is 4.98 Å². The number of nitrogens with one attached hydrogen (secondary N) is 1. The smallest absolute Gasteiger partial charge is 0.0976 e. The van der Waals surface area contributed by atoms with Crippen molar-refractivity contribution in [2.75, 3.05) is 11.9 Å². The minimum Gasteiger partial charge on any atom is -0.387 e. The van der Waals surface area contributed by atoms with Crippen molar-refractivity contribution in [3.63, 3.8) is 0 Å². The highest BCUT2D eigenvalue weighted by Gasteiger charge is 2.11. The zero-order chi connectivity index (χ0) is 13.8. The molecule has 6 heteroatoms. The lowest BCUT2D eigenvalue weighted by molar-refractivity contribution is 0.192. The first-order valence-electron chi connectivity index (χ1n) is 5.53. The van der Waals surface area contributed by atoms with Gasteiger partial charge in [0, 0.05) is 32.8 Å². The molecule has 19 heavy (non-hydrogen) atoms. The quantitative estimate of drug-likeness (QED) is 0.853. The van der Waals surface area contributed by atoms with Crippen LogP contribution in [0.3, 0.4) is 0 Å². The molecular formula is C13H11BrCl2N2O. The Bertz CT molecular complexity index is 580. The maximum absolute atomic E-state index is 10.1. The Kier molecular flexibility index (Phi) is 5.05. The second-order valence-electron chi connectivity index (χ2n) is 3.95. The Balaban J connectivity index is 2.03. The molecule has 3 nitrogen and oxygen atoms in total. The van der Waals surface area contributed by atoms with Gasteiger partial charge < -0.3 is 10.4 Å². The number of nitrogens with zero attached hydrogens (tertiary/aromatic N) is 1. The predicted octanol–water partition coefficient (Wildman–Crippen LogP) is 4.30. The molecule has 0 aliphatic carbocycles. The van der Waals surface area contributed by atoms with Gasteiger partial charge in [-0.3, -0.25) is 4.98 Å². The van der Waals surface area contributed by atoms with E-state index >= 15 is 0 Å². The number of anilines is 1. The van der Waals surface area contributed by atoms with Crippen LogP contribution in [0.25, 0.3) is 0 Å². The highest BCUT2D eigenvalue weighted by Crippen LogP contribution is 2.26. The fraction of sp³-hybridized carbons (Fsp3) is 0.154. The fourth-order valence-corrected chi connectivity index (χ4v) is 2.50. The average Bonchev–Trinajstić information content (AvgIpc) is 2.36. The van der Waals surface area contributed by atoms with E-state index in [0.29, 0.717) is 22.2 Å². The Morgan fingerprint density at radius 1 is 1.26 bits per heavy atom. The monoisotopic (exact) mass is 360 g/mol. The Morgan fingerprint density at radius 3 is 2.74 bits per heavy atom. The topological polar surface area (TPSA) is 45.1 Å². The van der Waals surface area contributed by atoms with E-state index in [1.807, 2.05) is 6.07 Å². The summed E-state index contributed by atoms with van der Waals surface area (Å²) in [6, 6.07) is 6.91. The summed E-state index contributed by atoms with van der Waals surface area (Å²) in [4.78, 5) is 4.03. The lowest BCUT2D eigenvalue weighted by Crippen LogP contribution is -2.12. The summed E-state index contributed by atoms with van der Waals surface area (Å²) in [5.74, 6) is 0. The van der Waals surface area contributed by atoms with Crippen molar-refractivity contribution in [3.8, 4) is 0 Å². The number of hydrogen-bond acceptors (Lipinski definition) is 3. The third-order valence-electron chi connectivity index (χ3n) is 2.53. The van der Waals surface area contributed by atoms with Crippen LogP contribution in [0.1, 0.15) is 11.7 Å². The summed E-state index contributed by atoms with van der Waals surface area (Å²) in [5, 5.41) is 14.2. The van der Waals surface area contributed by atoms with E-state index in [1.54, 1.807) is 30.6 Å². The number of aromatic nitrogens is 1. The van der Waals surface area contributed by atoms with Gasteiger partial charge in [-0.1, -0.05) is 29.3 Å². The Morgan fingerprint density at radius 2 is 2.05 bits per heavy atom. The van der Waals surface area contributed by atoms with E-state index in [-0.39, 0.29) is 0 Å².